The molecule has 0 bridgehead atoms. The molecule has 0 aromatic carbocycles. The van der Waals surface area contributed by atoms with Crippen molar-refractivity contribution in [2.75, 3.05) is 33.4 Å². The minimum Gasteiger partial charge on any atom is -0.384 e. The van der Waals surface area contributed by atoms with Crippen LogP contribution in [-0.2, 0) is 4.74 Å². The van der Waals surface area contributed by atoms with Gasteiger partial charge in [-0.25, -0.2) is 0 Å². The third-order valence-electron chi connectivity index (χ3n) is 3.86. The van der Waals surface area contributed by atoms with Crippen molar-refractivity contribution in [3.63, 3.8) is 0 Å². The predicted molar refractivity (Wildman–Crippen MR) is 76.2 cm³/mol. The summed E-state index contributed by atoms with van der Waals surface area (Å²) >= 11 is 0. The molecule has 1 saturated heterocycles. The van der Waals surface area contributed by atoms with E-state index in [1.807, 2.05) is 0 Å². The van der Waals surface area contributed by atoms with Crippen molar-refractivity contribution in [3.8, 4) is 0 Å². The Morgan fingerprint density at radius 3 is 2.81 bits per heavy atom. The predicted octanol–water partition coefficient (Wildman–Crippen LogP) is 0.669. The summed E-state index contributed by atoms with van der Waals surface area (Å²) in [6.07, 6.45) is 3.06. The van der Waals surface area contributed by atoms with Crippen LogP contribution in [0, 0.1) is 15.5 Å². The molecule has 1 aliphatic rings. The normalized spacial score (nSPS) is 17.4. The number of carbonyl (C=O) groups is 1. The molecule has 1 aromatic heterocycles. The lowest BCUT2D eigenvalue weighted by Gasteiger charge is -2.37. The molecule has 8 nitrogen and oxygen atoms in total. The number of methoxy groups -OCH3 is 1. The van der Waals surface area contributed by atoms with Crippen molar-refractivity contribution in [2.45, 2.75) is 12.8 Å². The Bertz CT molecular complexity index is 503. The second kappa shape index (κ2) is 6.68. The van der Waals surface area contributed by atoms with E-state index in [0.29, 0.717) is 13.2 Å². The zero-order chi connectivity index (χ0) is 15.3. The fraction of sp³-hybridized carbons (Fsp3) is 0.615. The maximum absolute atomic E-state index is 12.0. The average molecular weight is 296 g/mol. The number of aromatic nitrogens is 1. The number of nitrogens with one attached hydrogen (secondary N) is 3. The number of piperidine rings is 1. The van der Waals surface area contributed by atoms with Crippen LogP contribution in [0.15, 0.2) is 12.3 Å². The number of H-pyrrole nitrogens is 1. The van der Waals surface area contributed by atoms with Gasteiger partial charge in [0.25, 0.3) is 11.6 Å². The van der Waals surface area contributed by atoms with Crippen molar-refractivity contribution in [3.05, 3.63) is 28.1 Å². The van der Waals surface area contributed by atoms with Gasteiger partial charge in [-0.05, 0) is 25.9 Å². The number of nitrogens with zero attached hydrogens (tertiary/aromatic N) is 1. The highest BCUT2D eigenvalue weighted by Crippen LogP contribution is 2.28. The summed E-state index contributed by atoms with van der Waals surface area (Å²) in [5, 5.41) is 16.7. The molecule has 0 unspecified atom stereocenters. The first kappa shape index (κ1) is 15.5. The van der Waals surface area contributed by atoms with Crippen molar-refractivity contribution >= 4 is 11.6 Å². The van der Waals surface area contributed by atoms with Crippen LogP contribution in [0.3, 0.4) is 0 Å². The summed E-state index contributed by atoms with van der Waals surface area (Å²) in [6, 6.07) is 1.24. The van der Waals surface area contributed by atoms with Gasteiger partial charge in [0, 0.05) is 25.1 Å². The van der Waals surface area contributed by atoms with Gasteiger partial charge < -0.3 is 20.4 Å². The Labute approximate surface area is 122 Å². The van der Waals surface area contributed by atoms with E-state index < -0.39 is 4.92 Å². The Balaban J connectivity index is 1.96. The van der Waals surface area contributed by atoms with Crippen molar-refractivity contribution in [2.24, 2.45) is 5.41 Å². The summed E-state index contributed by atoms with van der Waals surface area (Å²) in [7, 11) is 1.65. The standard InChI is InChI=1S/C13H20N4O4/c1-21-9-13(2-4-14-5-3-13)8-16-12(18)11-6-10(7-15-11)17(19)20/h6-7,14-15H,2-5,8-9H2,1H3,(H,16,18). The van der Waals surface area contributed by atoms with Crippen molar-refractivity contribution < 1.29 is 14.5 Å². The van der Waals surface area contributed by atoms with Gasteiger partial charge in [0.15, 0.2) is 0 Å². The van der Waals surface area contributed by atoms with Crippen LogP contribution in [0.25, 0.3) is 0 Å². The van der Waals surface area contributed by atoms with Gasteiger partial charge in [0.2, 0.25) is 0 Å². The van der Waals surface area contributed by atoms with E-state index in [0.717, 1.165) is 25.9 Å². The van der Waals surface area contributed by atoms with Crippen LogP contribution in [0.4, 0.5) is 5.69 Å². The maximum atomic E-state index is 12.0. The molecular weight excluding hydrogens is 276 g/mol. The molecule has 1 amide bonds. The quantitative estimate of drug-likeness (QED) is 0.528. The van der Waals surface area contributed by atoms with Crippen LogP contribution in [0.1, 0.15) is 23.3 Å². The largest absolute Gasteiger partial charge is 0.384 e. The smallest absolute Gasteiger partial charge is 0.287 e. The van der Waals surface area contributed by atoms with E-state index in [2.05, 4.69) is 15.6 Å². The second-order valence-corrected chi connectivity index (χ2v) is 5.39. The van der Waals surface area contributed by atoms with Crippen LogP contribution in [0.5, 0.6) is 0 Å². The summed E-state index contributed by atoms with van der Waals surface area (Å²) in [4.78, 5) is 24.7. The first-order chi connectivity index (χ1) is 10.1. The summed E-state index contributed by atoms with van der Waals surface area (Å²) in [6.45, 7) is 2.87. The SMILES string of the molecule is COCC1(CNC(=O)c2cc([N+](=O)[O-])c[nH]2)CCNCC1. The Morgan fingerprint density at radius 2 is 2.24 bits per heavy atom. The van der Waals surface area contributed by atoms with Crippen molar-refractivity contribution in [1.82, 2.24) is 15.6 Å². The van der Waals surface area contributed by atoms with Crippen LogP contribution in [-0.4, -0.2) is 49.2 Å². The van der Waals surface area contributed by atoms with Crippen molar-refractivity contribution in [1.29, 1.82) is 0 Å². The van der Waals surface area contributed by atoms with E-state index in [1.54, 1.807) is 7.11 Å². The molecule has 1 fully saturated rings. The third kappa shape index (κ3) is 3.79. The monoisotopic (exact) mass is 296 g/mol. The molecule has 1 aliphatic heterocycles. The summed E-state index contributed by atoms with van der Waals surface area (Å²) in [5.74, 6) is -0.336. The summed E-state index contributed by atoms with van der Waals surface area (Å²) in [5.41, 5.74) is 0.00518. The van der Waals surface area contributed by atoms with Gasteiger partial charge in [-0.3, -0.25) is 14.9 Å². The van der Waals surface area contributed by atoms with Crippen LogP contribution >= 0.6 is 0 Å². The number of amides is 1. The molecule has 3 N–H and O–H groups in total. The van der Waals surface area contributed by atoms with Gasteiger partial charge in [-0.15, -0.1) is 0 Å². The number of carbonyl (C=O) groups excluding carboxylic acids is 1. The number of ether oxygens (including phenoxy) is 1. The first-order valence-electron chi connectivity index (χ1n) is 6.87. The van der Waals surface area contributed by atoms with E-state index >= 15 is 0 Å². The minimum atomic E-state index is -0.535. The average Bonchev–Trinajstić information content (AvgIpc) is 2.96. The maximum Gasteiger partial charge on any atom is 0.287 e. The van der Waals surface area contributed by atoms with Crippen LogP contribution < -0.4 is 10.6 Å². The lowest BCUT2D eigenvalue weighted by Crippen LogP contribution is -2.47. The van der Waals surface area contributed by atoms with Crippen LogP contribution in [0.2, 0.25) is 0 Å². The lowest BCUT2D eigenvalue weighted by atomic mass is 9.79. The van der Waals surface area contributed by atoms with Gasteiger partial charge in [-0.2, -0.15) is 0 Å². The first-order valence-corrected chi connectivity index (χ1v) is 6.87. The molecule has 2 heterocycles. The highest BCUT2D eigenvalue weighted by atomic mass is 16.6. The number of hydrogen-bond acceptors (Lipinski definition) is 5. The van der Waals surface area contributed by atoms with Gasteiger partial charge in [0.05, 0.1) is 17.7 Å². The molecule has 1 aromatic rings. The molecule has 0 saturated carbocycles. The molecule has 116 valence electrons. The number of aromatic amines is 1. The van der Waals surface area contributed by atoms with E-state index in [-0.39, 0.29) is 22.7 Å². The molecule has 8 heteroatoms. The Hall–Kier alpha value is -1.93. The fourth-order valence-corrected chi connectivity index (χ4v) is 2.62. The zero-order valence-corrected chi connectivity index (χ0v) is 12.0. The highest BCUT2D eigenvalue weighted by Gasteiger charge is 2.32. The fourth-order valence-electron chi connectivity index (χ4n) is 2.62. The van der Waals surface area contributed by atoms with Gasteiger partial charge in [-0.1, -0.05) is 0 Å². The zero-order valence-electron chi connectivity index (χ0n) is 12.0. The Kier molecular flexibility index (Phi) is 4.92. The number of hydrogen-bond donors (Lipinski definition) is 3. The minimum absolute atomic E-state index is 0.0752. The number of nitro groups is 1. The second-order valence-electron chi connectivity index (χ2n) is 5.39. The van der Waals surface area contributed by atoms with E-state index in [9.17, 15) is 14.9 Å². The third-order valence-corrected chi connectivity index (χ3v) is 3.86. The highest BCUT2D eigenvalue weighted by molar-refractivity contribution is 5.93. The molecule has 0 radical (unpaired) electrons. The molecule has 2 rings (SSSR count). The number of rotatable bonds is 6. The molecule has 0 atom stereocenters. The molecular formula is C13H20N4O4. The molecule has 21 heavy (non-hydrogen) atoms. The Morgan fingerprint density at radius 1 is 1.52 bits per heavy atom. The summed E-state index contributed by atoms with van der Waals surface area (Å²) < 4.78 is 5.28. The molecule has 0 spiro atoms. The van der Waals surface area contributed by atoms with Gasteiger partial charge >= 0.3 is 0 Å². The topological polar surface area (TPSA) is 109 Å². The van der Waals surface area contributed by atoms with Gasteiger partial charge in [0.1, 0.15) is 5.69 Å². The van der Waals surface area contributed by atoms with E-state index in [4.69, 9.17) is 4.74 Å². The van der Waals surface area contributed by atoms with E-state index in [1.165, 1.54) is 12.3 Å². The lowest BCUT2D eigenvalue weighted by molar-refractivity contribution is -0.384. The molecule has 0 aliphatic carbocycles.